The summed E-state index contributed by atoms with van der Waals surface area (Å²) in [6.45, 7) is 10.7. The number of aliphatic carboxylic acids is 1. The number of rotatable bonds is 7. The molecule has 1 N–H and O–H groups in total. The van der Waals surface area contributed by atoms with Crippen LogP contribution >= 0.6 is 11.8 Å². The molecule has 0 saturated carbocycles. The summed E-state index contributed by atoms with van der Waals surface area (Å²) in [5, 5.41) is 10.00. The highest BCUT2D eigenvalue weighted by Crippen LogP contribution is 2.57. The Labute approximate surface area is 182 Å². The van der Waals surface area contributed by atoms with Crippen molar-refractivity contribution in [3.63, 3.8) is 0 Å². The summed E-state index contributed by atoms with van der Waals surface area (Å²) in [5.41, 5.74) is -1.52. The topological polar surface area (TPSA) is 88.8 Å². The Kier molecular flexibility index (Phi) is 5.76. The number of aliphatic imine (C=N–C) groups is 2. The maximum atomic E-state index is 12.3. The van der Waals surface area contributed by atoms with E-state index < -0.39 is 16.4 Å². The molecule has 30 heavy (non-hydrogen) atoms. The summed E-state index contributed by atoms with van der Waals surface area (Å²) in [4.78, 5) is 39.7. The summed E-state index contributed by atoms with van der Waals surface area (Å²) in [7, 11) is 0. The van der Waals surface area contributed by atoms with Gasteiger partial charge < -0.3 is 14.9 Å². The van der Waals surface area contributed by atoms with E-state index in [-0.39, 0.29) is 11.3 Å². The van der Waals surface area contributed by atoms with E-state index in [1.54, 1.807) is 18.1 Å². The van der Waals surface area contributed by atoms with Crippen LogP contribution in [0, 0.1) is 5.92 Å². The second-order valence-electron chi connectivity index (χ2n) is 9.17. The largest absolute Gasteiger partial charge is 0.478 e. The monoisotopic (exact) mass is 435 g/mol. The fourth-order valence-electron chi connectivity index (χ4n) is 5.18. The van der Waals surface area contributed by atoms with E-state index in [2.05, 4.69) is 26.7 Å². The van der Waals surface area contributed by atoms with E-state index in [0.717, 1.165) is 58.4 Å². The Balaban J connectivity index is 1.35. The maximum Gasteiger partial charge on any atom is 0.354 e. The SMILES string of the molecule is CCN1CCN=C1CCC1CCN(C=NC2(C(=O)O)N3C(=O)CC3SC2(C)C)CC1. The zero-order valence-corrected chi connectivity index (χ0v) is 19.0. The van der Waals surface area contributed by atoms with Gasteiger partial charge in [0.2, 0.25) is 11.6 Å². The number of hydrogen-bond donors (Lipinski definition) is 1. The molecule has 4 heterocycles. The second kappa shape index (κ2) is 8.05. The van der Waals surface area contributed by atoms with Crippen LogP contribution in [0.5, 0.6) is 0 Å². The zero-order valence-electron chi connectivity index (χ0n) is 18.2. The van der Waals surface area contributed by atoms with Gasteiger partial charge in [-0.15, -0.1) is 11.8 Å². The average molecular weight is 436 g/mol. The number of likely N-dealkylation sites (tertiary alicyclic amines) is 1. The minimum atomic E-state index is -1.52. The molecular formula is C21H33N5O3S. The van der Waals surface area contributed by atoms with Crippen molar-refractivity contribution >= 4 is 35.8 Å². The van der Waals surface area contributed by atoms with E-state index in [4.69, 9.17) is 0 Å². The lowest BCUT2D eigenvalue weighted by molar-refractivity contribution is -0.167. The number of carbonyl (C=O) groups is 2. The van der Waals surface area contributed by atoms with Gasteiger partial charge in [0.05, 0.1) is 35.3 Å². The molecule has 2 atom stereocenters. The van der Waals surface area contributed by atoms with Gasteiger partial charge in [0.25, 0.3) is 0 Å². The molecule has 1 amide bonds. The van der Waals surface area contributed by atoms with Gasteiger partial charge >= 0.3 is 5.97 Å². The van der Waals surface area contributed by atoms with Crippen LogP contribution in [0.2, 0.25) is 0 Å². The number of amidine groups is 1. The Hall–Kier alpha value is -1.77. The quantitative estimate of drug-likeness (QED) is 0.374. The smallest absolute Gasteiger partial charge is 0.354 e. The molecule has 0 bridgehead atoms. The van der Waals surface area contributed by atoms with E-state index in [0.29, 0.717) is 12.3 Å². The Bertz CT molecular complexity index is 762. The van der Waals surface area contributed by atoms with Gasteiger partial charge in [-0.3, -0.25) is 14.7 Å². The zero-order chi connectivity index (χ0) is 21.5. The van der Waals surface area contributed by atoms with Crippen LogP contribution in [0.4, 0.5) is 0 Å². The molecule has 4 aliphatic heterocycles. The van der Waals surface area contributed by atoms with Gasteiger partial charge in [0.1, 0.15) is 0 Å². The minimum absolute atomic E-state index is 0.0762. The van der Waals surface area contributed by atoms with Crippen molar-refractivity contribution in [2.75, 3.05) is 32.7 Å². The molecule has 0 aromatic carbocycles. The third-order valence-electron chi connectivity index (χ3n) is 7.07. The van der Waals surface area contributed by atoms with E-state index in [1.165, 1.54) is 10.7 Å². The number of hydrogen-bond acceptors (Lipinski definition) is 6. The third kappa shape index (κ3) is 3.48. The molecule has 9 heteroatoms. The highest BCUT2D eigenvalue weighted by atomic mass is 32.2. The number of likely N-dealkylation sites (N-methyl/N-ethyl adjacent to an activating group) is 1. The standard InChI is InChI=1S/C21H33N5O3S/c1-4-25-12-9-22-16(25)6-5-15-7-10-24(11-8-15)14-23-21(19(28)29)20(2,3)30-18-13-17(27)26(18)21/h14-15,18H,4-13H2,1-3H3,(H,28,29). The number of amides is 1. The summed E-state index contributed by atoms with van der Waals surface area (Å²) >= 11 is 1.54. The first-order valence-electron chi connectivity index (χ1n) is 11.1. The lowest BCUT2D eigenvalue weighted by Crippen LogP contribution is -2.66. The fraction of sp³-hybridized carbons (Fsp3) is 0.810. The molecule has 8 nitrogen and oxygen atoms in total. The van der Waals surface area contributed by atoms with Crippen LogP contribution < -0.4 is 0 Å². The summed E-state index contributed by atoms with van der Waals surface area (Å²) in [6.07, 6.45) is 6.47. The molecule has 4 rings (SSSR count). The van der Waals surface area contributed by atoms with E-state index in [9.17, 15) is 14.7 Å². The molecule has 3 saturated heterocycles. The fourth-order valence-corrected chi connectivity index (χ4v) is 6.86. The van der Waals surface area contributed by atoms with Crippen molar-refractivity contribution in [1.82, 2.24) is 14.7 Å². The van der Waals surface area contributed by atoms with Crippen molar-refractivity contribution in [2.24, 2.45) is 15.9 Å². The summed E-state index contributed by atoms with van der Waals surface area (Å²) in [5.74, 6) is 0.774. The predicted molar refractivity (Wildman–Crippen MR) is 119 cm³/mol. The number of β-lactam (4-membered cyclic amide) rings is 1. The number of carboxylic acids is 1. The highest BCUT2D eigenvalue weighted by Gasteiger charge is 2.70. The molecule has 4 aliphatic rings. The Morgan fingerprint density at radius 3 is 2.70 bits per heavy atom. The molecule has 166 valence electrons. The van der Waals surface area contributed by atoms with Crippen molar-refractivity contribution < 1.29 is 14.7 Å². The van der Waals surface area contributed by atoms with Crippen molar-refractivity contribution in [1.29, 1.82) is 0 Å². The molecular weight excluding hydrogens is 402 g/mol. The van der Waals surface area contributed by atoms with Gasteiger partial charge in [-0.1, -0.05) is 0 Å². The Morgan fingerprint density at radius 2 is 2.07 bits per heavy atom. The van der Waals surface area contributed by atoms with Gasteiger partial charge in [0, 0.05) is 32.6 Å². The summed E-state index contributed by atoms with van der Waals surface area (Å²) in [6, 6.07) is 0. The first-order chi connectivity index (χ1) is 14.3. The van der Waals surface area contributed by atoms with Gasteiger partial charge in [-0.2, -0.15) is 0 Å². The van der Waals surface area contributed by atoms with Crippen LogP contribution in [0.15, 0.2) is 9.98 Å². The minimum Gasteiger partial charge on any atom is -0.478 e. The van der Waals surface area contributed by atoms with Crippen LogP contribution in [0.1, 0.15) is 52.9 Å². The molecule has 0 aliphatic carbocycles. The van der Waals surface area contributed by atoms with Gasteiger partial charge in [-0.05, 0) is 46.0 Å². The van der Waals surface area contributed by atoms with Crippen molar-refractivity contribution in [2.45, 2.75) is 68.7 Å². The average Bonchev–Trinajstić information content (AvgIpc) is 3.23. The molecule has 0 aromatic heterocycles. The number of fused-ring (bicyclic) bond motifs is 1. The third-order valence-corrected chi connectivity index (χ3v) is 8.59. The summed E-state index contributed by atoms with van der Waals surface area (Å²) < 4.78 is -0.669. The molecule has 2 unspecified atom stereocenters. The molecule has 3 fully saturated rings. The Morgan fingerprint density at radius 1 is 1.33 bits per heavy atom. The van der Waals surface area contributed by atoms with Crippen molar-refractivity contribution in [3.05, 3.63) is 0 Å². The van der Waals surface area contributed by atoms with Crippen LogP contribution in [0.25, 0.3) is 0 Å². The number of thioether (sulfide) groups is 1. The number of carboxylic acid groups (broad SMARTS) is 1. The van der Waals surface area contributed by atoms with Crippen molar-refractivity contribution in [3.8, 4) is 0 Å². The number of nitrogens with zero attached hydrogens (tertiary/aromatic N) is 5. The first-order valence-corrected chi connectivity index (χ1v) is 12.0. The van der Waals surface area contributed by atoms with Crippen LogP contribution in [-0.4, -0.2) is 92.4 Å². The van der Waals surface area contributed by atoms with Gasteiger partial charge in [-0.25, -0.2) is 9.79 Å². The molecule has 0 radical (unpaired) electrons. The number of piperidine rings is 1. The lowest BCUT2D eigenvalue weighted by Gasteiger charge is -2.43. The molecule has 0 aromatic rings. The number of carbonyl (C=O) groups excluding carboxylic acids is 1. The van der Waals surface area contributed by atoms with Crippen LogP contribution in [-0.2, 0) is 9.59 Å². The van der Waals surface area contributed by atoms with E-state index >= 15 is 0 Å². The van der Waals surface area contributed by atoms with E-state index in [1.807, 2.05) is 13.8 Å². The van der Waals surface area contributed by atoms with Crippen LogP contribution in [0.3, 0.4) is 0 Å². The first kappa shape index (κ1) is 21.5. The normalized spacial score (nSPS) is 31.3. The second-order valence-corrected chi connectivity index (χ2v) is 11.0. The predicted octanol–water partition coefficient (Wildman–Crippen LogP) is 2.11. The maximum absolute atomic E-state index is 12.3. The highest BCUT2D eigenvalue weighted by molar-refractivity contribution is 8.01. The molecule has 0 spiro atoms. The lowest BCUT2D eigenvalue weighted by atomic mass is 9.90. The van der Waals surface area contributed by atoms with Gasteiger partial charge in [0.15, 0.2) is 0 Å².